The van der Waals surface area contributed by atoms with Gasteiger partial charge in [-0.1, -0.05) is 6.92 Å². The molecule has 0 aliphatic carbocycles. The van der Waals surface area contributed by atoms with E-state index < -0.39 is 11.5 Å². The van der Waals surface area contributed by atoms with Crippen molar-refractivity contribution >= 4 is 5.97 Å². The smallest absolute Gasteiger partial charge is 0.323 e. The fourth-order valence-corrected chi connectivity index (χ4v) is 3.73. The molecule has 2 aliphatic rings. The van der Waals surface area contributed by atoms with Crippen LogP contribution in [0.1, 0.15) is 46.0 Å². The molecular formula is C16H31N3O2. The number of carboxylic acids is 1. The van der Waals surface area contributed by atoms with Crippen LogP contribution >= 0.6 is 0 Å². The predicted molar refractivity (Wildman–Crippen MR) is 84.6 cm³/mol. The van der Waals surface area contributed by atoms with E-state index in [1.54, 1.807) is 6.92 Å². The first kappa shape index (κ1) is 16.7. The zero-order valence-corrected chi connectivity index (χ0v) is 13.6. The van der Waals surface area contributed by atoms with Gasteiger partial charge in [-0.25, -0.2) is 0 Å². The molecule has 0 aromatic heterocycles. The van der Waals surface area contributed by atoms with E-state index in [4.69, 9.17) is 0 Å². The molecule has 2 unspecified atom stereocenters. The summed E-state index contributed by atoms with van der Waals surface area (Å²) in [5, 5.41) is 12.4. The van der Waals surface area contributed by atoms with Crippen LogP contribution in [-0.4, -0.2) is 71.7 Å². The Bertz CT molecular complexity index is 350. The number of aliphatic carboxylic acids is 1. The minimum atomic E-state index is -0.765. The molecule has 2 fully saturated rings. The standard InChI is InChI=1S/C16H31N3O2/c1-3-17-16(2,15(20)21)8-4-5-9-18-11-12-19-10-6-7-14(19)13-18/h14,17H,3-13H2,1-2H3,(H,20,21). The summed E-state index contributed by atoms with van der Waals surface area (Å²) in [6.45, 7) is 10.5. The number of hydrogen-bond acceptors (Lipinski definition) is 4. The fourth-order valence-electron chi connectivity index (χ4n) is 3.73. The van der Waals surface area contributed by atoms with Gasteiger partial charge in [-0.2, -0.15) is 0 Å². The van der Waals surface area contributed by atoms with Gasteiger partial charge in [-0.15, -0.1) is 0 Å². The first-order valence-electron chi connectivity index (χ1n) is 8.50. The molecule has 2 atom stereocenters. The van der Waals surface area contributed by atoms with Crippen molar-refractivity contribution in [2.75, 3.05) is 39.3 Å². The van der Waals surface area contributed by atoms with Crippen LogP contribution in [0, 0.1) is 0 Å². The molecule has 0 aromatic carbocycles. The molecule has 2 aliphatic heterocycles. The van der Waals surface area contributed by atoms with Crippen molar-refractivity contribution in [1.29, 1.82) is 0 Å². The Morgan fingerprint density at radius 2 is 2.14 bits per heavy atom. The molecule has 2 N–H and O–H groups in total. The second-order valence-corrected chi connectivity index (χ2v) is 6.76. The average molecular weight is 297 g/mol. The Morgan fingerprint density at radius 3 is 2.86 bits per heavy atom. The molecule has 0 aromatic rings. The van der Waals surface area contributed by atoms with Gasteiger partial charge < -0.3 is 15.3 Å². The van der Waals surface area contributed by atoms with E-state index >= 15 is 0 Å². The first-order chi connectivity index (χ1) is 10.0. The minimum absolute atomic E-state index is 0.701. The second-order valence-electron chi connectivity index (χ2n) is 6.76. The van der Waals surface area contributed by atoms with Crippen molar-refractivity contribution in [3.8, 4) is 0 Å². The molecule has 5 nitrogen and oxygen atoms in total. The van der Waals surface area contributed by atoms with Gasteiger partial charge >= 0.3 is 5.97 Å². The minimum Gasteiger partial charge on any atom is -0.480 e. The third-order valence-corrected chi connectivity index (χ3v) is 5.11. The van der Waals surface area contributed by atoms with E-state index in [2.05, 4.69) is 15.1 Å². The van der Waals surface area contributed by atoms with Gasteiger partial charge in [-0.3, -0.25) is 9.69 Å². The summed E-state index contributed by atoms with van der Waals surface area (Å²) in [5.41, 5.74) is -0.765. The number of unbranched alkanes of at least 4 members (excludes halogenated alkanes) is 1. The number of carbonyl (C=O) groups is 1. The van der Waals surface area contributed by atoms with Crippen molar-refractivity contribution in [3.63, 3.8) is 0 Å². The third-order valence-electron chi connectivity index (χ3n) is 5.11. The predicted octanol–water partition coefficient (Wildman–Crippen LogP) is 1.39. The lowest BCUT2D eigenvalue weighted by Gasteiger charge is -2.37. The molecular weight excluding hydrogens is 266 g/mol. The molecule has 0 saturated carbocycles. The van der Waals surface area contributed by atoms with Gasteiger partial charge in [0.1, 0.15) is 5.54 Å². The number of likely N-dealkylation sites (N-methyl/N-ethyl adjacent to an activating group) is 1. The first-order valence-corrected chi connectivity index (χ1v) is 8.50. The highest BCUT2D eigenvalue weighted by Crippen LogP contribution is 2.22. The molecule has 2 saturated heterocycles. The van der Waals surface area contributed by atoms with Gasteiger partial charge in [-0.05, 0) is 58.7 Å². The van der Waals surface area contributed by atoms with Crippen LogP contribution in [0.15, 0.2) is 0 Å². The highest BCUT2D eigenvalue weighted by atomic mass is 16.4. The summed E-state index contributed by atoms with van der Waals surface area (Å²) in [5.74, 6) is -0.732. The third kappa shape index (κ3) is 4.41. The molecule has 122 valence electrons. The van der Waals surface area contributed by atoms with Gasteiger partial charge in [0, 0.05) is 25.7 Å². The summed E-state index contributed by atoms with van der Waals surface area (Å²) in [7, 11) is 0. The fraction of sp³-hybridized carbons (Fsp3) is 0.938. The molecule has 21 heavy (non-hydrogen) atoms. The zero-order valence-electron chi connectivity index (χ0n) is 13.6. The number of piperazine rings is 1. The lowest BCUT2D eigenvalue weighted by Crippen LogP contribution is -2.50. The zero-order chi connectivity index (χ0) is 15.3. The lowest BCUT2D eigenvalue weighted by molar-refractivity contribution is -0.144. The average Bonchev–Trinajstić information content (AvgIpc) is 2.91. The molecule has 2 rings (SSSR count). The lowest BCUT2D eigenvalue weighted by atomic mass is 9.94. The second kappa shape index (κ2) is 7.56. The van der Waals surface area contributed by atoms with E-state index in [-0.39, 0.29) is 0 Å². The SMILES string of the molecule is CCNC(C)(CCCCN1CCN2CCCC2C1)C(=O)O. The maximum Gasteiger partial charge on any atom is 0.323 e. The molecule has 0 bridgehead atoms. The van der Waals surface area contributed by atoms with Crippen LogP contribution in [0.2, 0.25) is 0 Å². The number of carboxylic acid groups (broad SMARTS) is 1. The monoisotopic (exact) mass is 297 g/mol. The van der Waals surface area contributed by atoms with Crippen molar-refractivity contribution in [1.82, 2.24) is 15.1 Å². The topological polar surface area (TPSA) is 55.8 Å². The van der Waals surface area contributed by atoms with Gasteiger partial charge in [0.25, 0.3) is 0 Å². The van der Waals surface area contributed by atoms with Crippen LogP contribution in [-0.2, 0) is 4.79 Å². The number of rotatable bonds is 8. The number of nitrogens with one attached hydrogen (secondary N) is 1. The number of nitrogens with zero attached hydrogens (tertiary/aromatic N) is 2. The van der Waals surface area contributed by atoms with Gasteiger partial charge in [0.15, 0.2) is 0 Å². The highest BCUT2D eigenvalue weighted by Gasteiger charge is 2.32. The number of hydrogen-bond donors (Lipinski definition) is 2. The molecule has 0 amide bonds. The summed E-state index contributed by atoms with van der Waals surface area (Å²) < 4.78 is 0. The highest BCUT2D eigenvalue weighted by molar-refractivity contribution is 5.78. The van der Waals surface area contributed by atoms with E-state index in [0.29, 0.717) is 13.0 Å². The van der Waals surface area contributed by atoms with Crippen LogP contribution in [0.5, 0.6) is 0 Å². The summed E-state index contributed by atoms with van der Waals surface area (Å²) in [6.07, 6.45) is 5.49. The Morgan fingerprint density at radius 1 is 1.33 bits per heavy atom. The Labute approximate surface area is 128 Å². The van der Waals surface area contributed by atoms with Crippen molar-refractivity contribution in [2.45, 2.75) is 57.5 Å². The Kier molecular flexibility index (Phi) is 6.02. The summed E-state index contributed by atoms with van der Waals surface area (Å²) in [6, 6.07) is 0.782. The van der Waals surface area contributed by atoms with Crippen molar-refractivity contribution in [2.24, 2.45) is 0 Å². The maximum atomic E-state index is 11.4. The maximum absolute atomic E-state index is 11.4. The van der Waals surface area contributed by atoms with Crippen LogP contribution < -0.4 is 5.32 Å². The molecule has 0 radical (unpaired) electrons. The van der Waals surface area contributed by atoms with Crippen LogP contribution in [0.25, 0.3) is 0 Å². The van der Waals surface area contributed by atoms with Crippen LogP contribution in [0.3, 0.4) is 0 Å². The quantitative estimate of drug-likeness (QED) is 0.663. The molecule has 5 heteroatoms. The summed E-state index contributed by atoms with van der Waals surface area (Å²) in [4.78, 5) is 16.5. The Balaban J connectivity index is 1.66. The largest absolute Gasteiger partial charge is 0.480 e. The van der Waals surface area contributed by atoms with Gasteiger partial charge in [0.05, 0.1) is 0 Å². The Hall–Kier alpha value is -0.650. The van der Waals surface area contributed by atoms with Crippen molar-refractivity contribution in [3.05, 3.63) is 0 Å². The van der Waals surface area contributed by atoms with Crippen LogP contribution in [0.4, 0.5) is 0 Å². The summed E-state index contributed by atoms with van der Waals surface area (Å²) >= 11 is 0. The van der Waals surface area contributed by atoms with E-state index in [9.17, 15) is 9.90 Å². The van der Waals surface area contributed by atoms with E-state index in [0.717, 1.165) is 25.4 Å². The molecule has 0 spiro atoms. The number of fused-ring (bicyclic) bond motifs is 1. The normalized spacial score (nSPS) is 26.5. The van der Waals surface area contributed by atoms with E-state index in [1.807, 2.05) is 6.92 Å². The van der Waals surface area contributed by atoms with Crippen molar-refractivity contribution < 1.29 is 9.90 Å². The van der Waals surface area contributed by atoms with Gasteiger partial charge in [0.2, 0.25) is 0 Å². The van der Waals surface area contributed by atoms with E-state index in [1.165, 1.54) is 39.0 Å². The molecule has 2 heterocycles.